The van der Waals surface area contributed by atoms with Crippen LogP contribution in [0.1, 0.15) is 13.8 Å². The van der Waals surface area contributed by atoms with Gasteiger partial charge in [-0.1, -0.05) is 13.8 Å². The summed E-state index contributed by atoms with van der Waals surface area (Å²) < 4.78 is 0. The highest BCUT2D eigenvalue weighted by molar-refractivity contribution is 7.54. The summed E-state index contributed by atoms with van der Waals surface area (Å²) in [5.41, 5.74) is 0. The second-order valence-electron chi connectivity index (χ2n) is 0.825. The van der Waals surface area contributed by atoms with E-state index >= 15 is 0 Å². The van der Waals surface area contributed by atoms with Gasteiger partial charge in [0.2, 0.25) is 0 Å². The first-order chi connectivity index (χ1) is 3.15. The topological polar surface area (TPSA) is 0 Å². The summed E-state index contributed by atoms with van der Waals surface area (Å²) in [6.07, 6.45) is 2.00. The van der Waals surface area contributed by atoms with Crippen molar-refractivity contribution in [1.29, 1.82) is 0 Å². The molecule has 0 amide bonds. The van der Waals surface area contributed by atoms with Crippen LogP contribution in [0, 0.1) is 6.42 Å². The van der Waals surface area contributed by atoms with Crippen molar-refractivity contribution in [2.45, 2.75) is 13.8 Å². The first-order valence-electron chi connectivity index (χ1n) is 1.81. The summed E-state index contributed by atoms with van der Waals surface area (Å²) >= 11 is -1.72. The van der Waals surface area contributed by atoms with E-state index in [-0.39, 0.29) is 0 Å². The van der Waals surface area contributed by atoms with Gasteiger partial charge in [0.1, 0.15) is 0 Å². The molecule has 0 bridgehead atoms. The van der Waals surface area contributed by atoms with Crippen LogP contribution in [0.4, 0.5) is 0 Å². The lowest BCUT2D eigenvalue weighted by Crippen LogP contribution is -1.66. The number of halogens is 3. The molecule has 0 spiro atoms. The molecule has 0 aliphatic carbocycles. The third-order valence-corrected chi connectivity index (χ3v) is 0. The minimum atomic E-state index is -1.72. The van der Waals surface area contributed by atoms with E-state index in [4.69, 9.17) is 30.1 Å². The summed E-state index contributed by atoms with van der Waals surface area (Å²) in [6.45, 7) is 4.00. The van der Waals surface area contributed by atoms with Crippen molar-refractivity contribution < 1.29 is 0 Å². The van der Waals surface area contributed by atoms with E-state index in [0.29, 0.717) is 0 Å². The molecule has 1 radical (unpaired) electrons. The van der Waals surface area contributed by atoms with Crippen LogP contribution < -0.4 is 0 Å². The Kier molecular flexibility index (Phi) is 16.7. The van der Waals surface area contributed by atoms with E-state index in [1.54, 1.807) is 0 Å². The first-order valence-corrected chi connectivity index (χ1v) is 7.05. The van der Waals surface area contributed by atoms with Crippen molar-refractivity contribution in [3.05, 3.63) is 6.42 Å². The summed E-state index contributed by atoms with van der Waals surface area (Å²) in [6, 6.07) is 0. The fraction of sp³-hybridized carbons (Fsp3) is 0.667. The highest BCUT2D eigenvalue weighted by Gasteiger charge is 2.00. The molecule has 0 unspecified atom stereocenters. The Balaban J connectivity index is 0. The molecule has 0 saturated carbocycles. The maximum Gasteiger partial charge on any atom is 0.643 e. The molecule has 0 aromatic heterocycles. The van der Waals surface area contributed by atoms with Gasteiger partial charge in [-0.2, -0.15) is 0 Å². The third kappa shape index (κ3) is 110. The molecule has 0 saturated heterocycles. The second kappa shape index (κ2) is 10.4. The van der Waals surface area contributed by atoms with Crippen molar-refractivity contribution >= 4 is 41.5 Å². The molecular formula is C3H7AlCl3. The largest absolute Gasteiger partial charge is 0.643 e. The number of rotatable bonds is 0. The van der Waals surface area contributed by atoms with Crippen LogP contribution in [-0.2, 0) is 0 Å². The minimum absolute atomic E-state index is 1.72. The highest BCUT2D eigenvalue weighted by Crippen LogP contribution is 1.97. The fourth-order valence-corrected chi connectivity index (χ4v) is 0. The Bertz CT molecular complexity index is 21.4. The van der Waals surface area contributed by atoms with Crippen molar-refractivity contribution in [2.75, 3.05) is 0 Å². The molecular weight excluding hydrogens is 169 g/mol. The SMILES string of the molecule is C[CH]C.[Cl][Al]([Cl])[Cl]. The average Bonchev–Trinajstić information content (AvgIpc) is 1.33. The maximum absolute atomic E-state index is 4.94. The summed E-state index contributed by atoms with van der Waals surface area (Å²) in [5, 5.41) is 0. The zero-order valence-corrected chi connectivity index (χ0v) is 7.71. The third-order valence-electron chi connectivity index (χ3n) is 0. The van der Waals surface area contributed by atoms with Crippen LogP contribution in [0.25, 0.3) is 0 Å². The molecule has 0 nitrogen and oxygen atoms in total. The molecule has 0 aromatic rings. The van der Waals surface area contributed by atoms with E-state index in [1.165, 1.54) is 0 Å². The van der Waals surface area contributed by atoms with E-state index in [9.17, 15) is 0 Å². The lowest BCUT2D eigenvalue weighted by molar-refractivity contribution is 1.41. The molecule has 0 heterocycles. The van der Waals surface area contributed by atoms with Gasteiger partial charge >= 0.3 is 11.4 Å². The monoisotopic (exact) mass is 175 g/mol. The molecule has 4 heteroatoms. The van der Waals surface area contributed by atoms with Crippen LogP contribution in [0.3, 0.4) is 0 Å². The van der Waals surface area contributed by atoms with Gasteiger partial charge in [0.25, 0.3) is 0 Å². The Morgan fingerprint density at radius 2 is 1.14 bits per heavy atom. The Hall–Kier alpha value is 1.40. The standard InChI is InChI=1S/C3H7.Al.3ClH/c1-3-2;;;;/h3H,1-2H3;;3*1H/q;+3;;;/p-3. The van der Waals surface area contributed by atoms with Crippen molar-refractivity contribution in [3.8, 4) is 0 Å². The summed E-state index contributed by atoms with van der Waals surface area (Å²) in [5.74, 6) is 0. The summed E-state index contributed by atoms with van der Waals surface area (Å²) in [7, 11) is 14.8. The van der Waals surface area contributed by atoms with Crippen molar-refractivity contribution in [3.63, 3.8) is 0 Å². The van der Waals surface area contributed by atoms with Crippen LogP contribution in [0.2, 0.25) is 0 Å². The van der Waals surface area contributed by atoms with Gasteiger partial charge in [-0.15, -0.1) is 0 Å². The van der Waals surface area contributed by atoms with Gasteiger partial charge < -0.3 is 0 Å². The molecule has 0 N–H and O–H groups in total. The molecule has 0 fully saturated rings. The molecule has 0 atom stereocenters. The first kappa shape index (κ1) is 11.2. The zero-order valence-electron chi connectivity index (χ0n) is 4.29. The molecule has 43 valence electrons. The van der Waals surface area contributed by atoms with Gasteiger partial charge in [-0.3, -0.25) is 0 Å². The van der Waals surface area contributed by atoms with Gasteiger partial charge in [0.15, 0.2) is 0 Å². The second-order valence-corrected chi connectivity index (χ2v) is 7.26. The van der Waals surface area contributed by atoms with Crippen LogP contribution in [-0.4, -0.2) is 11.4 Å². The molecule has 0 aliphatic heterocycles. The number of hydrogen-bond acceptors (Lipinski definition) is 0. The predicted molar refractivity (Wildman–Crippen MR) is 39.0 cm³/mol. The van der Waals surface area contributed by atoms with E-state index in [0.717, 1.165) is 0 Å². The van der Waals surface area contributed by atoms with Gasteiger partial charge in [-0.05, 0) is 6.42 Å². The Morgan fingerprint density at radius 1 is 1.14 bits per heavy atom. The molecule has 0 aromatic carbocycles. The van der Waals surface area contributed by atoms with E-state index in [2.05, 4.69) is 0 Å². The lowest BCUT2D eigenvalue weighted by Gasteiger charge is -1.57. The van der Waals surface area contributed by atoms with Crippen LogP contribution >= 0.6 is 30.1 Å². The van der Waals surface area contributed by atoms with Crippen LogP contribution in [0.5, 0.6) is 0 Å². The van der Waals surface area contributed by atoms with Crippen molar-refractivity contribution in [2.24, 2.45) is 0 Å². The quantitative estimate of drug-likeness (QED) is 0.498. The maximum atomic E-state index is 4.94. The van der Waals surface area contributed by atoms with E-state index in [1.807, 2.05) is 20.3 Å². The minimum Gasteiger partial charge on any atom is -0.214 e. The molecule has 0 aliphatic rings. The Labute approximate surface area is 61.8 Å². The highest BCUT2D eigenvalue weighted by atomic mass is 35.8. The van der Waals surface area contributed by atoms with Crippen LogP contribution in [0.15, 0.2) is 0 Å². The van der Waals surface area contributed by atoms with Gasteiger partial charge in [0, 0.05) is 0 Å². The normalized spacial score (nSPS) is 6.43. The lowest BCUT2D eigenvalue weighted by atomic mass is 10.6. The average molecular weight is 176 g/mol. The Morgan fingerprint density at radius 3 is 1.14 bits per heavy atom. The predicted octanol–water partition coefficient (Wildman–Crippen LogP) is 2.92. The van der Waals surface area contributed by atoms with E-state index < -0.39 is 11.4 Å². The summed E-state index contributed by atoms with van der Waals surface area (Å²) in [4.78, 5) is 0. The molecule has 0 rings (SSSR count). The zero-order chi connectivity index (χ0) is 6.28. The molecule has 7 heavy (non-hydrogen) atoms. The number of hydrogen-bond donors (Lipinski definition) is 0. The van der Waals surface area contributed by atoms with Crippen molar-refractivity contribution in [1.82, 2.24) is 0 Å². The van der Waals surface area contributed by atoms with Gasteiger partial charge in [-0.25, -0.2) is 30.1 Å². The fourth-order valence-electron chi connectivity index (χ4n) is 0. The van der Waals surface area contributed by atoms with Gasteiger partial charge in [0.05, 0.1) is 0 Å². The smallest absolute Gasteiger partial charge is 0.214 e.